The van der Waals surface area contributed by atoms with Crippen molar-refractivity contribution in [3.63, 3.8) is 0 Å². The molecule has 0 fully saturated rings. The molecule has 0 bridgehead atoms. The first-order chi connectivity index (χ1) is 14.5. The van der Waals surface area contributed by atoms with Crippen LogP contribution < -0.4 is 10.3 Å². The van der Waals surface area contributed by atoms with Crippen LogP contribution in [0.5, 0.6) is 0 Å². The van der Waals surface area contributed by atoms with Crippen molar-refractivity contribution in [3.8, 4) is 0 Å². The number of primary amides is 1. The van der Waals surface area contributed by atoms with Gasteiger partial charge >= 0.3 is 6.18 Å². The van der Waals surface area contributed by atoms with Gasteiger partial charge in [0.2, 0.25) is 17.4 Å². The van der Waals surface area contributed by atoms with E-state index in [1.165, 1.54) is 37.4 Å². The Morgan fingerprint density at radius 1 is 1.32 bits per heavy atom. The Bertz CT molecular complexity index is 1040. The zero-order valence-corrected chi connectivity index (χ0v) is 16.1. The Labute approximate surface area is 173 Å². The van der Waals surface area contributed by atoms with Crippen LogP contribution in [0.4, 0.5) is 27.6 Å². The molecule has 0 radical (unpaired) electrons. The maximum atomic E-state index is 14.4. The number of ether oxygens (including phenoxy) is 1. The van der Waals surface area contributed by atoms with Crippen molar-refractivity contribution < 1.29 is 36.3 Å². The zero-order valence-electron chi connectivity index (χ0n) is 16.1. The van der Waals surface area contributed by atoms with Gasteiger partial charge in [-0.05, 0) is 12.5 Å². The van der Waals surface area contributed by atoms with Crippen LogP contribution >= 0.6 is 0 Å². The third-order valence-electron chi connectivity index (χ3n) is 5.13. The monoisotopic (exact) mass is 442 g/mol. The predicted octanol–water partition coefficient (Wildman–Crippen LogP) is 3.69. The first-order valence-electron chi connectivity index (χ1n) is 8.90. The van der Waals surface area contributed by atoms with Crippen LogP contribution in [0, 0.1) is 0 Å². The van der Waals surface area contributed by atoms with E-state index >= 15 is 0 Å². The normalized spacial score (nSPS) is 25.4. The molecule has 0 saturated heterocycles. The number of halogens is 5. The van der Waals surface area contributed by atoms with Gasteiger partial charge in [0.1, 0.15) is 12.5 Å². The lowest BCUT2D eigenvalue weighted by Crippen LogP contribution is -2.45. The van der Waals surface area contributed by atoms with Gasteiger partial charge in [0, 0.05) is 17.2 Å². The molecule has 11 heteroatoms. The van der Waals surface area contributed by atoms with Gasteiger partial charge < -0.3 is 10.5 Å². The number of carbonyl (C=O) groups is 2. The number of alkyl halides is 5. The molecule has 1 aromatic carbocycles. The fourth-order valence-corrected chi connectivity index (χ4v) is 3.76. The summed E-state index contributed by atoms with van der Waals surface area (Å²) in [5.41, 5.74) is 0.645. The molecule has 1 aromatic rings. The molecule has 31 heavy (non-hydrogen) atoms. The summed E-state index contributed by atoms with van der Waals surface area (Å²) in [6, 6.07) is 3.64. The molecular weight excluding hydrogens is 425 g/mol. The van der Waals surface area contributed by atoms with Gasteiger partial charge in [0.15, 0.2) is 11.9 Å². The molecule has 1 heterocycles. The van der Waals surface area contributed by atoms with Crippen molar-refractivity contribution in [1.82, 2.24) is 4.59 Å². The molecular formula is C20H17F5N3O3+. The van der Waals surface area contributed by atoms with Crippen LogP contribution in [-0.2, 0) is 14.9 Å². The van der Waals surface area contributed by atoms with Crippen molar-refractivity contribution in [3.05, 3.63) is 65.6 Å². The Morgan fingerprint density at radius 2 is 2.03 bits per heavy atom. The van der Waals surface area contributed by atoms with Crippen LogP contribution in [0.3, 0.4) is 0 Å². The van der Waals surface area contributed by atoms with Crippen LogP contribution in [-0.4, -0.2) is 37.7 Å². The lowest BCUT2D eigenvalue weighted by Gasteiger charge is -2.37. The zero-order chi connectivity index (χ0) is 23.0. The standard InChI is InChI=1S/C20H16F5N3O3/c1-28(10-14(31-11-29)16(27-28)17(21)22)13-7-5-6-12(18(26)30)15(13)19(20(23,24)25)8-3-2-4-9-19/h2-8,10-11,17H,9H2,1H3,(H-,26,30)/p+1. The number of carbonyl (C=O) groups excluding carboxylic acids is 2. The molecule has 0 aromatic heterocycles. The van der Waals surface area contributed by atoms with E-state index in [-0.39, 0.29) is 12.2 Å². The quantitative estimate of drug-likeness (QED) is 0.415. The van der Waals surface area contributed by atoms with E-state index in [9.17, 15) is 31.5 Å². The smallest absolute Gasteiger partial charge is 0.402 e. The second kappa shape index (κ2) is 7.73. The fraction of sp³-hybridized carbons (Fsp3) is 0.250. The van der Waals surface area contributed by atoms with Gasteiger partial charge in [0.05, 0.1) is 0 Å². The Morgan fingerprint density at radius 3 is 2.55 bits per heavy atom. The van der Waals surface area contributed by atoms with Gasteiger partial charge in [-0.25, -0.2) is 8.78 Å². The lowest BCUT2D eigenvalue weighted by atomic mass is 9.71. The molecule has 0 saturated carbocycles. The van der Waals surface area contributed by atoms with Gasteiger partial charge in [-0.2, -0.15) is 13.2 Å². The Balaban J connectivity index is 2.38. The minimum atomic E-state index is -4.87. The third-order valence-corrected chi connectivity index (χ3v) is 5.13. The Hall–Kier alpha value is -3.34. The second-order valence-corrected chi connectivity index (χ2v) is 7.04. The maximum absolute atomic E-state index is 14.4. The van der Waals surface area contributed by atoms with E-state index in [1.54, 1.807) is 0 Å². The van der Waals surface area contributed by atoms with Gasteiger partial charge in [0.25, 0.3) is 12.9 Å². The molecule has 1 aliphatic carbocycles. The van der Waals surface area contributed by atoms with E-state index < -0.39 is 57.5 Å². The number of quaternary nitrogens is 1. The van der Waals surface area contributed by atoms with Crippen molar-refractivity contribution in [1.29, 1.82) is 0 Å². The predicted molar refractivity (Wildman–Crippen MR) is 102 cm³/mol. The lowest BCUT2D eigenvalue weighted by molar-refractivity contribution is -0.175. The van der Waals surface area contributed by atoms with E-state index in [2.05, 4.69) is 9.84 Å². The average Bonchev–Trinajstić information content (AvgIpc) is 3.05. The third kappa shape index (κ3) is 3.65. The van der Waals surface area contributed by atoms with Crippen LogP contribution in [0.1, 0.15) is 22.3 Å². The summed E-state index contributed by atoms with van der Waals surface area (Å²) in [5.74, 6) is -1.72. The number of benzene rings is 1. The van der Waals surface area contributed by atoms with E-state index in [0.717, 1.165) is 18.3 Å². The molecule has 1 aliphatic heterocycles. The summed E-state index contributed by atoms with van der Waals surface area (Å²) in [6.07, 6.45) is -2.83. The molecule has 2 aliphatic rings. The summed E-state index contributed by atoms with van der Waals surface area (Å²) in [6.45, 7) is -0.0913. The summed E-state index contributed by atoms with van der Waals surface area (Å²) in [5, 5.41) is 3.82. The second-order valence-electron chi connectivity index (χ2n) is 7.04. The summed E-state index contributed by atoms with van der Waals surface area (Å²) >= 11 is 0. The van der Waals surface area contributed by atoms with E-state index in [0.29, 0.717) is 0 Å². The molecule has 164 valence electrons. The number of hydrogen-bond donors (Lipinski definition) is 1. The molecule has 2 atom stereocenters. The first-order valence-corrected chi connectivity index (χ1v) is 8.90. The minimum Gasteiger partial charge on any atom is -0.421 e. The number of allylic oxidation sites excluding steroid dienone is 5. The largest absolute Gasteiger partial charge is 0.421 e. The molecule has 1 amide bonds. The number of hydrogen-bond acceptors (Lipinski definition) is 4. The number of nitrogens with zero attached hydrogens (tertiary/aromatic N) is 2. The van der Waals surface area contributed by atoms with Gasteiger partial charge in [-0.15, -0.1) is 4.59 Å². The van der Waals surface area contributed by atoms with Crippen molar-refractivity contribution >= 4 is 23.8 Å². The topological polar surface area (TPSA) is 81.8 Å². The van der Waals surface area contributed by atoms with Crippen LogP contribution in [0.2, 0.25) is 0 Å². The highest BCUT2D eigenvalue weighted by molar-refractivity contribution is 6.04. The molecule has 2 unspecified atom stereocenters. The van der Waals surface area contributed by atoms with E-state index in [4.69, 9.17) is 5.73 Å². The summed E-state index contributed by atoms with van der Waals surface area (Å²) in [7, 11) is 1.22. The fourth-order valence-electron chi connectivity index (χ4n) is 3.76. The number of rotatable bonds is 6. The summed E-state index contributed by atoms with van der Waals surface area (Å²) < 4.78 is 73.8. The SMILES string of the molecule is C[N+]1(c2cccc(C(N)=O)c2C2(C(F)(F)F)C=CC=CC2)C=C(OC=O)C(C(F)F)=N1. The highest BCUT2D eigenvalue weighted by Gasteiger charge is 2.58. The molecule has 0 spiro atoms. The van der Waals surface area contributed by atoms with Crippen LogP contribution in [0.25, 0.3) is 0 Å². The first kappa shape index (κ1) is 22.3. The number of nitrogens with two attached hydrogens (primary N) is 1. The maximum Gasteiger partial charge on any atom is 0.402 e. The van der Waals surface area contributed by atoms with Crippen molar-refractivity contribution in [2.24, 2.45) is 10.8 Å². The van der Waals surface area contributed by atoms with Gasteiger partial charge in [-0.1, -0.05) is 35.5 Å². The van der Waals surface area contributed by atoms with Crippen LogP contribution in [0.15, 0.2) is 59.6 Å². The number of amides is 1. The van der Waals surface area contributed by atoms with Crippen molar-refractivity contribution in [2.45, 2.75) is 24.4 Å². The molecule has 2 N–H and O–H groups in total. The highest BCUT2D eigenvalue weighted by Crippen LogP contribution is 2.52. The highest BCUT2D eigenvalue weighted by atomic mass is 19.4. The molecule has 3 rings (SSSR count). The molecule has 6 nitrogen and oxygen atoms in total. The summed E-state index contributed by atoms with van der Waals surface area (Å²) in [4.78, 5) is 22.8. The Kier molecular flexibility index (Phi) is 5.57. The average molecular weight is 442 g/mol. The van der Waals surface area contributed by atoms with Crippen molar-refractivity contribution in [2.75, 3.05) is 7.05 Å². The minimum absolute atomic E-state index is 0.0913. The van der Waals surface area contributed by atoms with Gasteiger partial charge in [-0.3, -0.25) is 9.59 Å². The van der Waals surface area contributed by atoms with E-state index in [1.807, 2.05) is 0 Å².